The molecule has 4 rings (SSSR count). The normalized spacial score (nSPS) is 32.2. The second-order valence-corrected chi connectivity index (χ2v) is 9.38. The molecule has 2 N–H and O–H groups in total. The molecule has 1 saturated heterocycles. The molecule has 0 bridgehead atoms. The smallest absolute Gasteiger partial charge is 0.257 e. The highest BCUT2D eigenvalue weighted by Gasteiger charge is 2.65. The van der Waals surface area contributed by atoms with Gasteiger partial charge >= 0.3 is 0 Å². The van der Waals surface area contributed by atoms with E-state index in [1.807, 2.05) is 0 Å². The standard InChI is InChI=1S/C22H30N2O2S/c1-14(2)4-5-15-6-7-16-13-21(10-8-17(26-3)9-11-21)22(18(16)12-15)19(25)23-20(27)24-22/h6-7,12,14,17H,4-5,8-11,13H2,1-3H3,(H2,23,24,25,27)/t17-,21-,22?. The maximum Gasteiger partial charge on any atom is 0.257 e. The molecule has 1 heterocycles. The van der Waals surface area contributed by atoms with Crippen LogP contribution in [0, 0.1) is 11.3 Å². The Morgan fingerprint density at radius 2 is 2.04 bits per heavy atom. The van der Waals surface area contributed by atoms with E-state index in [0.717, 1.165) is 50.5 Å². The van der Waals surface area contributed by atoms with Gasteiger partial charge in [-0.15, -0.1) is 0 Å². The molecule has 1 unspecified atom stereocenters. The van der Waals surface area contributed by atoms with Crippen molar-refractivity contribution in [2.45, 2.75) is 70.4 Å². The van der Waals surface area contributed by atoms with Gasteiger partial charge in [-0.2, -0.15) is 0 Å². The van der Waals surface area contributed by atoms with E-state index in [4.69, 9.17) is 17.0 Å². The molecule has 1 aliphatic heterocycles. The summed E-state index contributed by atoms with van der Waals surface area (Å²) in [7, 11) is 1.79. The van der Waals surface area contributed by atoms with Crippen LogP contribution >= 0.6 is 12.2 Å². The van der Waals surface area contributed by atoms with Gasteiger partial charge in [0.1, 0.15) is 0 Å². The Labute approximate surface area is 167 Å². The Balaban J connectivity index is 1.75. The summed E-state index contributed by atoms with van der Waals surface area (Å²) in [5.41, 5.74) is 2.93. The molecule has 1 aromatic rings. The Bertz CT molecular complexity index is 768. The van der Waals surface area contributed by atoms with E-state index in [2.05, 4.69) is 42.7 Å². The summed E-state index contributed by atoms with van der Waals surface area (Å²) in [4.78, 5) is 13.3. The predicted molar refractivity (Wildman–Crippen MR) is 111 cm³/mol. The second-order valence-electron chi connectivity index (χ2n) is 8.97. The third kappa shape index (κ3) is 2.90. The highest BCUT2D eigenvalue weighted by molar-refractivity contribution is 7.80. The number of methoxy groups -OCH3 is 1. The van der Waals surface area contributed by atoms with Crippen molar-refractivity contribution in [2.24, 2.45) is 11.3 Å². The molecule has 1 saturated carbocycles. The Morgan fingerprint density at radius 3 is 2.63 bits per heavy atom. The number of thiocarbonyl (C=S) groups is 1. The fraction of sp³-hybridized carbons (Fsp3) is 0.636. The van der Waals surface area contributed by atoms with Gasteiger partial charge in [-0.05, 0) is 79.8 Å². The molecule has 1 aromatic carbocycles. The van der Waals surface area contributed by atoms with Crippen molar-refractivity contribution < 1.29 is 9.53 Å². The third-order valence-corrected chi connectivity index (χ3v) is 7.21. The number of hydrogen-bond donors (Lipinski definition) is 2. The van der Waals surface area contributed by atoms with Crippen molar-refractivity contribution >= 4 is 23.2 Å². The van der Waals surface area contributed by atoms with E-state index in [1.165, 1.54) is 11.1 Å². The zero-order chi connectivity index (χ0) is 19.2. The van der Waals surface area contributed by atoms with Gasteiger partial charge in [0.25, 0.3) is 5.91 Å². The molecule has 146 valence electrons. The van der Waals surface area contributed by atoms with E-state index in [9.17, 15) is 4.79 Å². The Hall–Kier alpha value is -1.46. The van der Waals surface area contributed by atoms with Crippen LogP contribution in [0.1, 0.15) is 62.6 Å². The van der Waals surface area contributed by atoms with E-state index in [0.29, 0.717) is 17.1 Å². The van der Waals surface area contributed by atoms with Gasteiger partial charge in [-0.1, -0.05) is 32.0 Å². The van der Waals surface area contributed by atoms with Crippen LogP contribution in [-0.4, -0.2) is 24.2 Å². The van der Waals surface area contributed by atoms with Crippen LogP contribution < -0.4 is 10.6 Å². The fourth-order valence-corrected chi connectivity index (χ4v) is 5.72. The number of nitrogens with one attached hydrogen (secondary N) is 2. The van der Waals surface area contributed by atoms with E-state index in [1.54, 1.807) is 7.11 Å². The van der Waals surface area contributed by atoms with Crippen molar-refractivity contribution in [3.63, 3.8) is 0 Å². The quantitative estimate of drug-likeness (QED) is 0.776. The molecular weight excluding hydrogens is 356 g/mol. The van der Waals surface area contributed by atoms with Gasteiger partial charge in [-0.3, -0.25) is 4.79 Å². The molecule has 0 aromatic heterocycles. The molecule has 0 radical (unpaired) electrons. The first-order chi connectivity index (χ1) is 12.9. The average Bonchev–Trinajstić information content (AvgIpc) is 3.09. The second kappa shape index (κ2) is 6.85. The van der Waals surface area contributed by atoms with Gasteiger partial charge in [0.15, 0.2) is 10.7 Å². The van der Waals surface area contributed by atoms with E-state index >= 15 is 0 Å². The van der Waals surface area contributed by atoms with Crippen molar-refractivity contribution in [1.82, 2.24) is 10.6 Å². The van der Waals surface area contributed by atoms with Crippen LogP contribution in [-0.2, 0) is 27.9 Å². The van der Waals surface area contributed by atoms with Crippen molar-refractivity contribution in [2.75, 3.05) is 7.11 Å². The fourth-order valence-electron chi connectivity index (χ4n) is 5.47. The minimum Gasteiger partial charge on any atom is -0.381 e. The van der Waals surface area contributed by atoms with Crippen LogP contribution in [0.15, 0.2) is 18.2 Å². The number of rotatable bonds is 4. The van der Waals surface area contributed by atoms with Gasteiger partial charge in [0.05, 0.1) is 6.10 Å². The molecule has 2 spiro atoms. The van der Waals surface area contributed by atoms with Gasteiger partial charge in [0.2, 0.25) is 0 Å². The van der Waals surface area contributed by atoms with Gasteiger partial charge in [-0.25, -0.2) is 0 Å². The maximum atomic E-state index is 13.3. The first-order valence-electron chi connectivity index (χ1n) is 10.2. The number of amides is 1. The summed E-state index contributed by atoms with van der Waals surface area (Å²) in [6, 6.07) is 6.77. The molecule has 4 nitrogen and oxygen atoms in total. The molecule has 27 heavy (non-hydrogen) atoms. The van der Waals surface area contributed by atoms with Crippen LogP contribution in [0.3, 0.4) is 0 Å². The summed E-state index contributed by atoms with van der Waals surface area (Å²) in [5.74, 6) is 0.700. The average molecular weight is 387 g/mol. The molecule has 1 amide bonds. The van der Waals surface area contributed by atoms with Gasteiger partial charge in [0, 0.05) is 12.5 Å². The van der Waals surface area contributed by atoms with Crippen LogP contribution in [0.25, 0.3) is 0 Å². The Morgan fingerprint density at radius 1 is 1.30 bits per heavy atom. The first kappa shape index (κ1) is 18.9. The molecular formula is C22H30N2O2S. The highest BCUT2D eigenvalue weighted by atomic mass is 32.1. The van der Waals surface area contributed by atoms with Crippen LogP contribution in [0.5, 0.6) is 0 Å². The van der Waals surface area contributed by atoms with E-state index < -0.39 is 5.54 Å². The lowest BCUT2D eigenvalue weighted by atomic mass is 9.61. The lowest BCUT2D eigenvalue weighted by Crippen LogP contribution is -2.56. The largest absolute Gasteiger partial charge is 0.381 e. The van der Waals surface area contributed by atoms with Gasteiger partial charge < -0.3 is 15.4 Å². The zero-order valence-electron chi connectivity index (χ0n) is 16.6. The number of benzene rings is 1. The third-order valence-electron chi connectivity index (χ3n) is 7.00. The minimum atomic E-state index is -0.716. The van der Waals surface area contributed by atoms with Crippen LogP contribution in [0.4, 0.5) is 0 Å². The monoisotopic (exact) mass is 386 g/mol. The Kier molecular flexibility index (Phi) is 4.79. The molecule has 2 fully saturated rings. The van der Waals surface area contributed by atoms with Crippen LogP contribution in [0.2, 0.25) is 0 Å². The maximum absolute atomic E-state index is 13.3. The number of carbonyl (C=O) groups is 1. The summed E-state index contributed by atoms with van der Waals surface area (Å²) in [5, 5.41) is 6.82. The summed E-state index contributed by atoms with van der Waals surface area (Å²) in [6.07, 6.45) is 7.38. The van der Waals surface area contributed by atoms with Crippen molar-refractivity contribution in [1.29, 1.82) is 0 Å². The van der Waals surface area contributed by atoms with Crippen molar-refractivity contribution in [3.05, 3.63) is 34.9 Å². The number of hydrogen-bond acceptors (Lipinski definition) is 3. The molecule has 5 heteroatoms. The first-order valence-corrected chi connectivity index (χ1v) is 10.6. The SMILES string of the molecule is CO[C@H]1CC[C@]2(CC1)Cc1ccc(CCC(C)C)cc1C21NC(=S)NC1=O. The zero-order valence-corrected chi connectivity index (χ0v) is 17.4. The highest BCUT2D eigenvalue weighted by Crippen LogP contribution is 2.59. The molecule has 2 aliphatic carbocycles. The lowest BCUT2D eigenvalue weighted by Gasteiger charge is -2.46. The number of fused-ring (bicyclic) bond motifs is 3. The minimum absolute atomic E-state index is 0.0307. The number of aryl methyl sites for hydroxylation is 1. The number of carbonyl (C=O) groups excluding carboxylic acids is 1. The van der Waals surface area contributed by atoms with Crippen molar-refractivity contribution in [3.8, 4) is 0 Å². The summed E-state index contributed by atoms with van der Waals surface area (Å²) < 4.78 is 5.60. The molecule has 3 aliphatic rings. The predicted octanol–water partition coefficient (Wildman–Crippen LogP) is 3.61. The summed E-state index contributed by atoms with van der Waals surface area (Å²) >= 11 is 5.38. The number of ether oxygens (including phenoxy) is 1. The summed E-state index contributed by atoms with van der Waals surface area (Å²) in [6.45, 7) is 4.50. The van der Waals surface area contributed by atoms with E-state index in [-0.39, 0.29) is 11.3 Å². The lowest BCUT2D eigenvalue weighted by molar-refractivity contribution is -0.131. The topological polar surface area (TPSA) is 50.4 Å². The molecule has 1 atom stereocenters.